The smallest absolute Gasteiger partial charge is 0.259 e. The van der Waals surface area contributed by atoms with Gasteiger partial charge in [-0.15, -0.1) is 0 Å². The van der Waals surface area contributed by atoms with Crippen molar-refractivity contribution >= 4 is 28.4 Å². The third-order valence-corrected chi connectivity index (χ3v) is 6.83. The average Bonchev–Trinajstić information content (AvgIpc) is 3.10. The molecule has 0 saturated carbocycles. The molecule has 0 bridgehead atoms. The van der Waals surface area contributed by atoms with Crippen LogP contribution in [0, 0.1) is 5.92 Å². The summed E-state index contributed by atoms with van der Waals surface area (Å²) in [5, 5.41) is 11.8. The number of amides is 1. The lowest BCUT2D eigenvalue weighted by molar-refractivity contribution is 0.0755. The number of nitrogens with zero attached hydrogens (tertiary/aromatic N) is 3. The normalized spacial score (nSPS) is 17.5. The van der Waals surface area contributed by atoms with E-state index in [1.807, 2.05) is 4.90 Å². The fourth-order valence-electron chi connectivity index (χ4n) is 4.81. The highest BCUT2D eigenvalue weighted by molar-refractivity contribution is 6.31. The summed E-state index contributed by atoms with van der Waals surface area (Å²) in [5.41, 5.74) is 3.03. The van der Waals surface area contributed by atoms with Crippen molar-refractivity contribution in [3.63, 3.8) is 0 Å². The molecule has 2 aromatic carbocycles. The van der Waals surface area contributed by atoms with Gasteiger partial charge in [0.25, 0.3) is 5.91 Å². The summed E-state index contributed by atoms with van der Waals surface area (Å²) in [4.78, 5) is 21.9. The lowest BCUT2D eigenvalue weighted by atomic mass is 9.93. The Morgan fingerprint density at radius 3 is 2.65 bits per heavy atom. The summed E-state index contributed by atoms with van der Waals surface area (Å²) < 4.78 is 0. The first-order valence-electron chi connectivity index (χ1n) is 10.9. The molecule has 3 aromatic rings. The van der Waals surface area contributed by atoms with E-state index in [1.165, 1.54) is 5.56 Å². The molecule has 0 spiro atoms. The van der Waals surface area contributed by atoms with Gasteiger partial charge in [-0.2, -0.15) is 0 Å². The Balaban J connectivity index is 1.18. The van der Waals surface area contributed by atoms with Crippen LogP contribution in [-0.4, -0.2) is 45.4 Å². The quantitative estimate of drug-likeness (QED) is 0.622. The number of piperidine rings is 1. The van der Waals surface area contributed by atoms with E-state index < -0.39 is 0 Å². The second-order valence-electron chi connectivity index (χ2n) is 8.66. The van der Waals surface area contributed by atoms with Crippen LogP contribution in [0.15, 0.2) is 48.5 Å². The Labute approximate surface area is 187 Å². The molecule has 2 aliphatic rings. The minimum Gasteiger partial charge on any atom is -0.506 e. The SMILES string of the molecule is O=C1c2c(nc3ccc(Cl)cc3c2O)CN1CCC1CCN(Cc2ccccc2)CC1. The van der Waals surface area contributed by atoms with Crippen molar-refractivity contribution in [3.8, 4) is 5.75 Å². The van der Waals surface area contributed by atoms with E-state index in [4.69, 9.17) is 11.6 Å². The van der Waals surface area contributed by atoms with Gasteiger partial charge in [0.2, 0.25) is 0 Å². The highest BCUT2D eigenvalue weighted by atomic mass is 35.5. The number of benzene rings is 2. The minimum absolute atomic E-state index is 0.00391. The van der Waals surface area contributed by atoms with Crippen LogP contribution < -0.4 is 0 Å². The van der Waals surface area contributed by atoms with Crippen LogP contribution >= 0.6 is 11.6 Å². The second-order valence-corrected chi connectivity index (χ2v) is 9.10. The van der Waals surface area contributed by atoms with Crippen LogP contribution in [0.1, 0.15) is 40.9 Å². The molecule has 2 aliphatic heterocycles. The minimum atomic E-state index is -0.122. The third kappa shape index (κ3) is 4.12. The Morgan fingerprint density at radius 1 is 1.10 bits per heavy atom. The molecule has 0 aliphatic carbocycles. The average molecular weight is 436 g/mol. The monoisotopic (exact) mass is 435 g/mol. The topological polar surface area (TPSA) is 56.7 Å². The molecule has 0 radical (unpaired) electrons. The van der Waals surface area contributed by atoms with Crippen LogP contribution in [-0.2, 0) is 13.1 Å². The highest BCUT2D eigenvalue weighted by Gasteiger charge is 2.33. The largest absolute Gasteiger partial charge is 0.506 e. The van der Waals surface area contributed by atoms with Gasteiger partial charge >= 0.3 is 0 Å². The van der Waals surface area contributed by atoms with Crippen molar-refractivity contribution in [1.29, 1.82) is 0 Å². The van der Waals surface area contributed by atoms with Gasteiger partial charge in [-0.25, -0.2) is 4.98 Å². The van der Waals surface area contributed by atoms with Crippen molar-refractivity contribution < 1.29 is 9.90 Å². The van der Waals surface area contributed by atoms with E-state index in [2.05, 4.69) is 40.2 Å². The number of pyridine rings is 1. The Bertz CT molecular complexity index is 1110. The molecule has 1 saturated heterocycles. The number of carbonyl (C=O) groups excluding carboxylic acids is 1. The standard InChI is InChI=1S/C25H26ClN3O2/c26-19-6-7-21-20(14-19)24(30)23-22(27-21)16-29(25(23)31)13-10-17-8-11-28(12-9-17)15-18-4-2-1-3-5-18/h1-7,14,17H,8-13,15-16H2,(H,27,30). The van der Waals surface area contributed by atoms with E-state index in [-0.39, 0.29) is 11.7 Å². The van der Waals surface area contributed by atoms with E-state index >= 15 is 0 Å². The van der Waals surface area contributed by atoms with Crippen LogP contribution in [0.3, 0.4) is 0 Å². The number of likely N-dealkylation sites (tertiary alicyclic amines) is 1. The van der Waals surface area contributed by atoms with E-state index in [9.17, 15) is 9.90 Å². The maximum atomic E-state index is 13.0. The molecule has 1 fully saturated rings. The maximum absolute atomic E-state index is 13.0. The lowest BCUT2D eigenvalue weighted by Crippen LogP contribution is -2.35. The second kappa shape index (κ2) is 8.48. The van der Waals surface area contributed by atoms with Crippen molar-refractivity contribution in [2.75, 3.05) is 19.6 Å². The summed E-state index contributed by atoms with van der Waals surface area (Å²) in [6, 6.07) is 15.8. The fourth-order valence-corrected chi connectivity index (χ4v) is 4.98. The van der Waals surface area contributed by atoms with Gasteiger partial charge in [0.05, 0.1) is 17.8 Å². The van der Waals surface area contributed by atoms with Gasteiger partial charge in [-0.1, -0.05) is 41.9 Å². The molecule has 5 rings (SSSR count). The molecule has 1 aromatic heterocycles. The summed E-state index contributed by atoms with van der Waals surface area (Å²) in [7, 11) is 0. The van der Waals surface area contributed by atoms with Crippen molar-refractivity contribution in [1.82, 2.24) is 14.8 Å². The fraction of sp³-hybridized carbons (Fsp3) is 0.360. The summed E-state index contributed by atoms with van der Waals surface area (Å²) in [5.74, 6) is 0.510. The summed E-state index contributed by atoms with van der Waals surface area (Å²) >= 11 is 6.06. The molecule has 31 heavy (non-hydrogen) atoms. The van der Waals surface area contributed by atoms with Crippen LogP contribution in [0.2, 0.25) is 5.02 Å². The highest BCUT2D eigenvalue weighted by Crippen LogP contribution is 2.36. The number of rotatable bonds is 5. The number of hydrogen-bond donors (Lipinski definition) is 1. The molecule has 1 N–H and O–H groups in total. The van der Waals surface area contributed by atoms with Crippen LogP contribution in [0.4, 0.5) is 0 Å². The predicted molar refractivity (Wildman–Crippen MR) is 122 cm³/mol. The van der Waals surface area contributed by atoms with Gasteiger partial charge in [0, 0.05) is 23.5 Å². The van der Waals surface area contributed by atoms with Crippen molar-refractivity contribution in [3.05, 3.63) is 70.4 Å². The molecule has 1 amide bonds. The zero-order valence-electron chi connectivity index (χ0n) is 17.4. The number of aromatic nitrogens is 1. The van der Waals surface area contributed by atoms with Crippen LogP contribution in [0.25, 0.3) is 10.9 Å². The number of carbonyl (C=O) groups is 1. The van der Waals surface area contributed by atoms with Gasteiger partial charge in [0.1, 0.15) is 11.3 Å². The van der Waals surface area contributed by atoms with E-state index in [0.29, 0.717) is 46.2 Å². The van der Waals surface area contributed by atoms with Gasteiger partial charge in [-0.3, -0.25) is 9.69 Å². The molecule has 0 unspecified atom stereocenters. The van der Waals surface area contributed by atoms with Crippen molar-refractivity contribution in [2.24, 2.45) is 5.92 Å². The molecule has 5 nitrogen and oxygen atoms in total. The maximum Gasteiger partial charge on any atom is 0.259 e. The zero-order valence-corrected chi connectivity index (χ0v) is 18.2. The Kier molecular flexibility index (Phi) is 5.55. The van der Waals surface area contributed by atoms with Gasteiger partial charge < -0.3 is 10.0 Å². The molecular weight excluding hydrogens is 410 g/mol. The molecule has 0 atom stereocenters. The Hall–Kier alpha value is -2.63. The van der Waals surface area contributed by atoms with Crippen molar-refractivity contribution in [2.45, 2.75) is 32.4 Å². The zero-order chi connectivity index (χ0) is 21.4. The lowest BCUT2D eigenvalue weighted by Gasteiger charge is -2.32. The number of fused-ring (bicyclic) bond motifs is 2. The first-order chi connectivity index (χ1) is 15.1. The number of aromatic hydroxyl groups is 1. The molecular formula is C25H26ClN3O2. The number of hydrogen-bond acceptors (Lipinski definition) is 4. The third-order valence-electron chi connectivity index (χ3n) is 6.60. The summed E-state index contributed by atoms with van der Waals surface area (Å²) in [6.07, 6.45) is 3.31. The van der Waals surface area contributed by atoms with E-state index in [0.717, 1.165) is 38.9 Å². The molecule has 6 heteroatoms. The van der Waals surface area contributed by atoms with E-state index in [1.54, 1.807) is 18.2 Å². The molecule has 160 valence electrons. The first kappa shape index (κ1) is 20.3. The van der Waals surface area contributed by atoms with Crippen LogP contribution in [0.5, 0.6) is 5.75 Å². The Morgan fingerprint density at radius 2 is 1.87 bits per heavy atom. The molecule has 3 heterocycles. The first-order valence-corrected chi connectivity index (χ1v) is 11.3. The summed E-state index contributed by atoms with van der Waals surface area (Å²) in [6.45, 7) is 4.38. The van der Waals surface area contributed by atoms with Gasteiger partial charge in [0.15, 0.2) is 0 Å². The number of halogens is 1. The predicted octanol–water partition coefficient (Wildman–Crippen LogP) is 4.85. The van der Waals surface area contributed by atoms with Gasteiger partial charge in [-0.05, 0) is 62.0 Å².